The number of halogens is 1. The van der Waals surface area contributed by atoms with E-state index in [4.69, 9.17) is 16.3 Å². The summed E-state index contributed by atoms with van der Waals surface area (Å²) in [5.41, 5.74) is 1.64. The molecule has 1 aromatic carbocycles. The lowest BCUT2D eigenvalue weighted by atomic mass is 10.3. The van der Waals surface area contributed by atoms with Gasteiger partial charge in [-0.15, -0.1) is 17.9 Å². The van der Waals surface area contributed by atoms with Crippen molar-refractivity contribution < 1.29 is 14.3 Å². The van der Waals surface area contributed by atoms with E-state index in [1.165, 1.54) is 18.3 Å². The lowest BCUT2D eigenvalue weighted by Crippen LogP contribution is -2.35. The maximum Gasteiger partial charge on any atom is 0.349 e. The molecule has 0 aliphatic rings. The Morgan fingerprint density at radius 3 is 2.78 bits per heavy atom. The second-order valence-electron chi connectivity index (χ2n) is 5.88. The van der Waals surface area contributed by atoms with Crippen LogP contribution >= 0.6 is 22.9 Å². The van der Waals surface area contributed by atoms with E-state index >= 15 is 0 Å². The van der Waals surface area contributed by atoms with Crippen molar-refractivity contribution in [3.8, 4) is 5.69 Å². The molecule has 2 aromatic heterocycles. The summed E-state index contributed by atoms with van der Waals surface area (Å²) in [5, 5.41) is 8.63. The Balaban J connectivity index is 1.85. The summed E-state index contributed by atoms with van der Waals surface area (Å²) in [7, 11) is 0. The third-order valence-electron chi connectivity index (χ3n) is 3.89. The number of nitrogens with zero attached hydrogens (tertiary/aromatic N) is 2. The van der Waals surface area contributed by atoms with Crippen molar-refractivity contribution in [2.75, 3.05) is 6.54 Å². The molecule has 1 unspecified atom stereocenters. The molecule has 1 N–H and O–H groups in total. The average Bonchev–Trinajstić information content (AvgIpc) is 3.21. The molecule has 140 valence electrons. The number of hydrogen-bond acceptors (Lipinski definition) is 5. The molecule has 3 aromatic rings. The van der Waals surface area contributed by atoms with Crippen LogP contribution < -0.4 is 5.32 Å². The highest BCUT2D eigenvalue weighted by Crippen LogP contribution is 2.31. The Morgan fingerprint density at radius 1 is 1.41 bits per heavy atom. The number of fused-ring (bicyclic) bond motifs is 1. The van der Waals surface area contributed by atoms with E-state index in [0.717, 1.165) is 21.6 Å². The first-order chi connectivity index (χ1) is 12.9. The molecule has 27 heavy (non-hydrogen) atoms. The third-order valence-corrected chi connectivity index (χ3v) is 5.23. The van der Waals surface area contributed by atoms with Crippen LogP contribution in [0.5, 0.6) is 0 Å². The highest BCUT2D eigenvalue weighted by Gasteiger charge is 2.22. The molecule has 0 aliphatic carbocycles. The van der Waals surface area contributed by atoms with Crippen molar-refractivity contribution in [1.29, 1.82) is 0 Å². The van der Waals surface area contributed by atoms with Gasteiger partial charge in [0.05, 0.1) is 11.4 Å². The second kappa shape index (κ2) is 7.94. The van der Waals surface area contributed by atoms with E-state index in [0.29, 0.717) is 16.4 Å². The number of ether oxygens (including phenoxy) is 1. The fourth-order valence-corrected chi connectivity index (χ4v) is 3.69. The number of rotatable bonds is 6. The molecule has 0 fully saturated rings. The summed E-state index contributed by atoms with van der Waals surface area (Å²) >= 11 is 7.22. The number of nitrogens with one attached hydrogen (secondary N) is 1. The SMILES string of the molecule is C=CCNC(=O)C(C)OC(=O)c1cc2c(C)nn(-c3ccc(Cl)cc3)c2s1. The molecule has 0 aliphatic heterocycles. The third kappa shape index (κ3) is 4.04. The van der Waals surface area contributed by atoms with Gasteiger partial charge in [0.1, 0.15) is 9.71 Å². The van der Waals surface area contributed by atoms with Gasteiger partial charge in [0.15, 0.2) is 6.10 Å². The molecular formula is C19H18ClN3O3S. The first-order valence-electron chi connectivity index (χ1n) is 8.25. The molecule has 8 heteroatoms. The minimum atomic E-state index is -0.892. The van der Waals surface area contributed by atoms with Gasteiger partial charge < -0.3 is 10.1 Å². The summed E-state index contributed by atoms with van der Waals surface area (Å²) in [6.07, 6.45) is 0.667. The molecule has 3 rings (SSSR count). The van der Waals surface area contributed by atoms with Crippen LogP contribution in [0.3, 0.4) is 0 Å². The van der Waals surface area contributed by atoms with Gasteiger partial charge in [-0.05, 0) is 44.2 Å². The number of aryl methyl sites for hydroxylation is 1. The molecule has 0 radical (unpaired) electrons. The smallest absolute Gasteiger partial charge is 0.349 e. The lowest BCUT2D eigenvalue weighted by molar-refractivity contribution is -0.128. The number of carbonyl (C=O) groups excluding carboxylic acids is 2. The zero-order valence-electron chi connectivity index (χ0n) is 14.9. The van der Waals surface area contributed by atoms with E-state index in [-0.39, 0.29) is 5.91 Å². The van der Waals surface area contributed by atoms with Crippen molar-refractivity contribution in [3.63, 3.8) is 0 Å². The van der Waals surface area contributed by atoms with Gasteiger partial charge in [-0.25, -0.2) is 9.48 Å². The summed E-state index contributed by atoms with van der Waals surface area (Å²) in [6, 6.07) is 9.03. The van der Waals surface area contributed by atoms with Gasteiger partial charge in [-0.2, -0.15) is 5.10 Å². The number of benzene rings is 1. The van der Waals surface area contributed by atoms with Crippen LogP contribution in [-0.2, 0) is 9.53 Å². The van der Waals surface area contributed by atoms with Crippen molar-refractivity contribution >= 4 is 45.0 Å². The van der Waals surface area contributed by atoms with E-state index in [1.807, 2.05) is 19.1 Å². The predicted octanol–water partition coefficient (Wildman–Crippen LogP) is 3.90. The Kier molecular flexibility index (Phi) is 5.62. The second-order valence-corrected chi connectivity index (χ2v) is 7.35. The molecule has 1 atom stereocenters. The normalized spacial score (nSPS) is 12.0. The largest absolute Gasteiger partial charge is 0.448 e. The maximum absolute atomic E-state index is 12.4. The van der Waals surface area contributed by atoms with Gasteiger partial charge >= 0.3 is 5.97 Å². The Bertz CT molecular complexity index is 1010. The highest BCUT2D eigenvalue weighted by molar-refractivity contribution is 7.20. The standard InChI is InChI=1S/C19H18ClN3O3S/c1-4-9-21-17(24)12(3)26-19(25)16-10-15-11(2)22-23(18(15)27-16)14-7-5-13(20)6-8-14/h4-8,10,12H,1,9H2,2-3H3,(H,21,24). The van der Waals surface area contributed by atoms with E-state index in [1.54, 1.807) is 29.0 Å². The van der Waals surface area contributed by atoms with Gasteiger partial charge in [0, 0.05) is 17.0 Å². The summed E-state index contributed by atoms with van der Waals surface area (Å²) in [4.78, 5) is 25.5. The van der Waals surface area contributed by atoms with Gasteiger partial charge in [0.2, 0.25) is 0 Å². The van der Waals surface area contributed by atoms with Crippen LogP contribution in [0.15, 0.2) is 43.0 Å². The summed E-state index contributed by atoms with van der Waals surface area (Å²) < 4.78 is 7.04. The van der Waals surface area contributed by atoms with Crippen LogP contribution in [0.4, 0.5) is 0 Å². The van der Waals surface area contributed by atoms with Crippen molar-refractivity contribution in [3.05, 3.63) is 58.6 Å². The molecule has 0 bridgehead atoms. The zero-order valence-corrected chi connectivity index (χ0v) is 16.4. The van der Waals surface area contributed by atoms with E-state index < -0.39 is 12.1 Å². The minimum absolute atomic E-state index is 0.319. The Labute approximate surface area is 165 Å². The van der Waals surface area contributed by atoms with Crippen LogP contribution in [0.1, 0.15) is 22.3 Å². The highest BCUT2D eigenvalue weighted by atomic mass is 35.5. The maximum atomic E-state index is 12.4. The summed E-state index contributed by atoms with van der Waals surface area (Å²) in [5.74, 6) is -0.910. The van der Waals surface area contributed by atoms with E-state index in [2.05, 4.69) is 17.0 Å². The van der Waals surface area contributed by atoms with Crippen LogP contribution in [0.2, 0.25) is 5.02 Å². The predicted molar refractivity (Wildman–Crippen MR) is 107 cm³/mol. The lowest BCUT2D eigenvalue weighted by Gasteiger charge is -2.11. The Hall–Kier alpha value is -2.64. The zero-order chi connectivity index (χ0) is 19.6. The first kappa shape index (κ1) is 19.1. The fraction of sp³-hybridized carbons (Fsp3) is 0.211. The first-order valence-corrected chi connectivity index (χ1v) is 9.45. The molecule has 2 heterocycles. The topological polar surface area (TPSA) is 73.2 Å². The van der Waals surface area contributed by atoms with Gasteiger partial charge in [0.25, 0.3) is 5.91 Å². The fourth-order valence-electron chi connectivity index (χ4n) is 2.49. The monoisotopic (exact) mass is 403 g/mol. The molecule has 0 saturated carbocycles. The van der Waals surface area contributed by atoms with Crippen LogP contribution in [0.25, 0.3) is 15.9 Å². The number of aromatic nitrogens is 2. The minimum Gasteiger partial charge on any atom is -0.448 e. The number of thiophene rings is 1. The van der Waals surface area contributed by atoms with E-state index in [9.17, 15) is 9.59 Å². The molecule has 6 nitrogen and oxygen atoms in total. The summed E-state index contributed by atoms with van der Waals surface area (Å²) in [6.45, 7) is 7.26. The number of hydrogen-bond donors (Lipinski definition) is 1. The molecule has 0 spiro atoms. The van der Waals surface area contributed by atoms with Crippen LogP contribution in [0, 0.1) is 6.92 Å². The number of carbonyl (C=O) groups is 2. The average molecular weight is 404 g/mol. The molecular weight excluding hydrogens is 386 g/mol. The van der Waals surface area contributed by atoms with Crippen molar-refractivity contribution in [1.82, 2.24) is 15.1 Å². The molecule has 0 saturated heterocycles. The van der Waals surface area contributed by atoms with Crippen molar-refractivity contribution in [2.45, 2.75) is 20.0 Å². The van der Waals surface area contributed by atoms with Gasteiger partial charge in [-0.1, -0.05) is 17.7 Å². The number of amides is 1. The number of esters is 1. The van der Waals surface area contributed by atoms with Crippen LogP contribution in [-0.4, -0.2) is 34.3 Å². The quantitative estimate of drug-likeness (QED) is 0.500. The molecule has 1 amide bonds. The van der Waals surface area contributed by atoms with Crippen molar-refractivity contribution in [2.24, 2.45) is 0 Å². The Morgan fingerprint density at radius 2 is 2.11 bits per heavy atom. The van der Waals surface area contributed by atoms with Gasteiger partial charge in [-0.3, -0.25) is 4.79 Å².